The average molecular weight is 331 g/mol. The van der Waals surface area contributed by atoms with Crippen molar-refractivity contribution in [1.82, 2.24) is 25.4 Å². The quantitative estimate of drug-likeness (QED) is 0.828. The molecule has 0 bridgehead atoms. The minimum Gasteiger partial charge on any atom is -0.481 e. The summed E-state index contributed by atoms with van der Waals surface area (Å²) in [6.07, 6.45) is 5.86. The van der Waals surface area contributed by atoms with E-state index in [4.69, 9.17) is 9.47 Å². The van der Waals surface area contributed by atoms with Crippen molar-refractivity contribution in [2.24, 2.45) is 0 Å². The predicted molar refractivity (Wildman–Crippen MR) is 86.6 cm³/mol. The lowest BCUT2D eigenvalue weighted by Gasteiger charge is -2.20. The number of aromatic nitrogens is 3. The SMILES string of the molecule is COc1ccc([C@H]2OCC[C@@H]2NC(=O)NCCn2cccn2)cn1. The van der Waals surface area contributed by atoms with Crippen LogP contribution in [0.2, 0.25) is 0 Å². The van der Waals surface area contributed by atoms with Crippen LogP contribution in [0, 0.1) is 0 Å². The van der Waals surface area contributed by atoms with Crippen molar-refractivity contribution in [3.8, 4) is 5.88 Å². The molecule has 2 aromatic heterocycles. The molecule has 0 saturated carbocycles. The number of rotatable bonds is 6. The molecular formula is C16H21N5O3. The van der Waals surface area contributed by atoms with Crippen LogP contribution in [0.3, 0.4) is 0 Å². The molecule has 1 fully saturated rings. The summed E-state index contributed by atoms with van der Waals surface area (Å²) in [5.74, 6) is 0.553. The number of nitrogens with one attached hydrogen (secondary N) is 2. The van der Waals surface area contributed by atoms with Crippen LogP contribution in [-0.2, 0) is 11.3 Å². The Bertz CT molecular complexity index is 644. The highest BCUT2D eigenvalue weighted by Crippen LogP contribution is 2.29. The Labute approximate surface area is 140 Å². The van der Waals surface area contributed by atoms with Gasteiger partial charge >= 0.3 is 6.03 Å². The third-order valence-corrected chi connectivity index (χ3v) is 3.89. The molecule has 24 heavy (non-hydrogen) atoms. The predicted octanol–water partition coefficient (Wildman–Crippen LogP) is 1.12. The largest absolute Gasteiger partial charge is 0.481 e. The fraction of sp³-hybridized carbons (Fsp3) is 0.438. The van der Waals surface area contributed by atoms with Gasteiger partial charge < -0.3 is 20.1 Å². The number of methoxy groups -OCH3 is 1. The number of amides is 2. The minimum absolute atomic E-state index is 0.0788. The number of carbonyl (C=O) groups excluding carboxylic acids is 1. The molecule has 8 nitrogen and oxygen atoms in total. The van der Waals surface area contributed by atoms with Gasteiger partial charge in [-0.3, -0.25) is 4.68 Å². The van der Waals surface area contributed by atoms with Gasteiger partial charge in [0, 0.05) is 43.4 Å². The molecule has 0 spiro atoms. The first-order valence-electron chi connectivity index (χ1n) is 7.89. The molecule has 2 aromatic rings. The van der Waals surface area contributed by atoms with E-state index in [2.05, 4.69) is 20.7 Å². The van der Waals surface area contributed by atoms with Crippen LogP contribution >= 0.6 is 0 Å². The summed E-state index contributed by atoms with van der Waals surface area (Å²) in [6, 6.07) is 5.27. The zero-order chi connectivity index (χ0) is 16.8. The standard InChI is InChI=1S/C16H21N5O3/c1-23-14-4-3-12(11-18-14)15-13(5-10-24-15)20-16(22)17-7-9-21-8-2-6-19-21/h2-4,6,8,11,13,15H,5,7,9-10H2,1H3,(H2,17,20,22)/t13-,15+/m0/s1. The highest BCUT2D eigenvalue weighted by Gasteiger charge is 2.31. The summed E-state index contributed by atoms with van der Waals surface area (Å²) in [4.78, 5) is 16.3. The second kappa shape index (κ2) is 7.78. The van der Waals surface area contributed by atoms with E-state index in [1.165, 1.54) is 0 Å². The second-order valence-corrected chi connectivity index (χ2v) is 5.49. The molecule has 8 heteroatoms. The molecule has 0 unspecified atom stereocenters. The normalized spacial score (nSPS) is 19.9. The summed E-state index contributed by atoms with van der Waals surface area (Å²) in [5.41, 5.74) is 0.926. The lowest BCUT2D eigenvalue weighted by Crippen LogP contribution is -2.44. The van der Waals surface area contributed by atoms with Gasteiger partial charge in [-0.05, 0) is 18.6 Å². The Morgan fingerprint density at radius 3 is 3.12 bits per heavy atom. The van der Waals surface area contributed by atoms with Crippen LogP contribution in [0.15, 0.2) is 36.8 Å². The third kappa shape index (κ3) is 4.02. The molecular weight excluding hydrogens is 310 g/mol. The molecule has 128 valence electrons. The maximum atomic E-state index is 12.1. The Morgan fingerprint density at radius 1 is 1.50 bits per heavy atom. The van der Waals surface area contributed by atoms with Crippen molar-refractivity contribution >= 4 is 6.03 Å². The van der Waals surface area contributed by atoms with E-state index in [9.17, 15) is 4.79 Å². The van der Waals surface area contributed by atoms with Crippen molar-refractivity contribution in [3.05, 3.63) is 42.4 Å². The van der Waals surface area contributed by atoms with Gasteiger partial charge in [0.25, 0.3) is 0 Å². The molecule has 2 amide bonds. The number of hydrogen-bond donors (Lipinski definition) is 2. The van der Waals surface area contributed by atoms with Crippen LogP contribution in [0.1, 0.15) is 18.1 Å². The molecule has 3 rings (SSSR count). The summed E-state index contributed by atoms with van der Waals surface area (Å²) in [6.45, 7) is 1.75. The molecule has 2 atom stereocenters. The summed E-state index contributed by atoms with van der Waals surface area (Å²) < 4.78 is 12.6. The maximum absolute atomic E-state index is 12.1. The van der Waals surface area contributed by atoms with Crippen molar-refractivity contribution in [2.75, 3.05) is 20.3 Å². The molecule has 2 N–H and O–H groups in total. The van der Waals surface area contributed by atoms with Gasteiger partial charge in [-0.2, -0.15) is 5.10 Å². The van der Waals surface area contributed by atoms with E-state index in [-0.39, 0.29) is 18.2 Å². The molecule has 0 radical (unpaired) electrons. The fourth-order valence-corrected chi connectivity index (χ4v) is 2.68. The van der Waals surface area contributed by atoms with E-state index < -0.39 is 0 Å². The fourth-order valence-electron chi connectivity index (χ4n) is 2.68. The van der Waals surface area contributed by atoms with Gasteiger partial charge in [0.1, 0.15) is 6.10 Å². The molecule has 1 aliphatic heterocycles. The number of ether oxygens (including phenoxy) is 2. The Balaban J connectivity index is 1.50. The van der Waals surface area contributed by atoms with Crippen molar-refractivity contribution in [1.29, 1.82) is 0 Å². The number of hydrogen-bond acceptors (Lipinski definition) is 5. The third-order valence-electron chi connectivity index (χ3n) is 3.89. The summed E-state index contributed by atoms with van der Waals surface area (Å²) >= 11 is 0. The minimum atomic E-state index is -0.205. The number of nitrogens with zero attached hydrogens (tertiary/aromatic N) is 3. The van der Waals surface area contributed by atoms with Gasteiger partial charge in [0.15, 0.2) is 0 Å². The van der Waals surface area contributed by atoms with Crippen molar-refractivity contribution < 1.29 is 14.3 Å². The van der Waals surface area contributed by atoms with Crippen LogP contribution in [0.4, 0.5) is 4.79 Å². The van der Waals surface area contributed by atoms with Gasteiger partial charge in [0.2, 0.25) is 5.88 Å². The first kappa shape index (κ1) is 16.3. The maximum Gasteiger partial charge on any atom is 0.315 e. The molecule has 1 saturated heterocycles. The lowest BCUT2D eigenvalue weighted by molar-refractivity contribution is 0.0995. The van der Waals surface area contributed by atoms with E-state index >= 15 is 0 Å². The van der Waals surface area contributed by atoms with Crippen molar-refractivity contribution in [3.63, 3.8) is 0 Å². The molecule has 1 aliphatic rings. The lowest BCUT2D eigenvalue weighted by atomic mass is 10.0. The highest BCUT2D eigenvalue weighted by molar-refractivity contribution is 5.74. The van der Waals surface area contributed by atoms with Crippen LogP contribution in [0.5, 0.6) is 5.88 Å². The number of carbonyl (C=O) groups is 1. The van der Waals surface area contributed by atoms with E-state index in [0.717, 1.165) is 12.0 Å². The number of pyridine rings is 1. The van der Waals surface area contributed by atoms with Gasteiger partial charge in [0.05, 0.1) is 19.7 Å². The van der Waals surface area contributed by atoms with Crippen molar-refractivity contribution in [2.45, 2.75) is 25.1 Å². The molecule has 3 heterocycles. The monoisotopic (exact) mass is 331 g/mol. The second-order valence-electron chi connectivity index (χ2n) is 5.49. The topological polar surface area (TPSA) is 90.3 Å². The van der Waals surface area contributed by atoms with Crippen LogP contribution < -0.4 is 15.4 Å². The zero-order valence-corrected chi connectivity index (χ0v) is 13.5. The van der Waals surface area contributed by atoms with E-state index in [1.54, 1.807) is 30.3 Å². The highest BCUT2D eigenvalue weighted by atomic mass is 16.5. The smallest absolute Gasteiger partial charge is 0.315 e. The first-order valence-corrected chi connectivity index (χ1v) is 7.89. The van der Waals surface area contributed by atoms with Gasteiger partial charge in [-0.1, -0.05) is 0 Å². The van der Waals surface area contributed by atoms with Crippen LogP contribution in [-0.4, -0.2) is 47.1 Å². The molecule has 0 aliphatic carbocycles. The zero-order valence-electron chi connectivity index (χ0n) is 13.5. The molecule has 0 aromatic carbocycles. The Hall–Kier alpha value is -2.61. The Morgan fingerprint density at radius 2 is 2.42 bits per heavy atom. The van der Waals surface area contributed by atoms with Gasteiger partial charge in [-0.15, -0.1) is 0 Å². The number of urea groups is 1. The average Bonchev–Trinajstić information content (AvgIpc) is 3.27. The first-order chi connectivity index (χ1) is 11.8. The summed E-state index contributed by atoms with van der Waals surface area (Å²) in [7, 11) is 1.58. The van der Waals surface area contributed by atoms with Crippen LogP contribution in [0.25, 0.3) is 0 Å². The van der Waals surface area contributed by atoms with E-state index in [0.29, 0.717) is 25.6 Å². The Kier molecular flexibility index (Phi) is 5.27. The summed E-state index contributed by atoms with van der Waals surface area (Å²) in [5, 5.41) is 9.90. The van der Waals surface area contributed by atoms with Gasteiger partial charge in [-0.25, -0.2) is 9.78 Å². The van der Waals surface area contributed by atoms with E-state index in [1.807, 2.05) is 18.3 Å².